The SMILES string of the molecule is Cc1nonc1N1CCN(c2c(C)c(C)nc3ccnn23)CC1. The molecular formula is C15H19N7O. The first-order chi connectivity index (χ1) is 11.1. The van der Waals surface area contributed by atoms with Crippen LogP contribution in [0.5, 0.6) is 0 Å². The Balaban J connectivity index is 1.63. The average molecular weight is 313 g/mol. The molecule has 0 amide bonds. The minimum Gasteiger partial charge on any atom is -0.353 e. The number of hydrogen-bond acceptors (Lipinski definition) is 7. The van der Waals surface area contributed by atoms with E-state index in [1.54, 1.807) is 6.20 Å². The normalized spacial score (nSPS) is 15.6. The molecule has 4 rings (SSSR count). The second-order valence-electron chi connectivity index (χ2n) is 5.89. The van der Waals surface area contributed by atoms with Gasteiger partial charge in [0.25, 0.3) is 0 Å². The molecule has 1 fully saturated rings. The largest absolute Gasteiger partial charge is 0.353 e. The van der Waals surface area contributed by atoms with Crippen molar-refractivity contribution < 1.29 is 4.63 Å². The molecule has 0 saturated carbocycles. The molecule has 3 aromatic heterocycles. The molecule has 1 aliphatic heterocycles. The molecule has 0 aromatic carbocycles. The number of hydrogen-bond donors (Lipinski definition) is 0. The maximum absolute atomic E-state index is 4.81. The fraction of sp³-hybridized carbons (Fsp3) is 0.467. The third-order valence-electron chi connectivity index (χ3n) is 4.49. The lowest BCUT2D eigenvalue weighted by atomic mass is 10.2. The van der Waals surface area contributed by atoms with Gasteiger partial charge in [0.2, 0.25) is 0 Å². The fourth-order valence-corrected chi connectivity index (χ4v) is 3.14. The molecule has 0 unspecified atom stereocenters. The van der Waals surface area contributed by atoms with Crippen molar-refractivity contribution in [2.75, 3.05) is 36.0 Å². The summed E-state index contributed by atoms with van der Waals surface area (Å²) in [7, 11) is 0. The van der Waals surface area contributed by atoms with Gasteiger partial charge in [0.05, 0.1) is 6.20 Å². The van der Waals surface area contributed by atoms with Crippen LogP contribution in [0.15, 0.2) is 16.9 Å². The Morgan fingerprint density at radius 1 is 0.957 bits per heavy atom. The lowest BCUT2D eigenvalue weighted by Gasteiger charge is -2.36. The second-order valence-corrected chi connectivity index (χ2v) is 5.89. The van der Waals surface area contributed by atoms with E-state index in [1.807, 2.05) is 24.4 Å². The van der Waals surface area contributed by atoms with Crippen molar-refractivity contribution in [3.05, 3.63) is 29.2 Å². The highest BCUT2D eigenvalue weighted by molar-refractivity contribution is 5.57. The third-order valence-corrected chi connectivity index (χ3v) is 4.49. The standard InChI is InChI=1S/C15H19N7O/c1-10-11(2)17-13-4-5-16-22(13)15(10)21-8-6-20(7-9-21)14-12(3)18-23-19-14/h4-5H,6-9H2,1-3H3. The zero-order valence-corrected chi connectivity index (χ0v) is 13.5. The Kier molecular flexibility index (Phi) is 3.17. The summed E-state index contributed by atoms with van der Waals surface area (Å²) in [5, 5.41) is 12.3. The van der Waals surface area contributed by atoms with Crippen LogP contribution >= 0.6 is 0 Å². The molecule has 0 bridgehead atoms. The van der Waals surface area contributed by atoms with Crippen LogP contribution in [0.2, 0.25) is 0 Å². The first kappa shape index (κ1) is 14.0. The van der Waals surface area contributed by atoms with Crippen molar-refractivity contribution in [1.29, 1.82) is 0 Å². The van der Waals surface area contributed by atoms with E-state index in [4.69, 9.17) is 4.63 Å². The molecule has 0 aliphatic carbocycles. The van der Waals surface area contributed by atoms with E-state index in [2.05, 4.69) is 37.1 Å². The van der Waals surface area contributed by atoms with E-state index in [-0.39, 0.29) is 0 Å². The Labute approximate surface area is 133 Å². The summed E-state index contributed by atoms with van der Waals surface area (Å²) in [6.07, 6.45) is 1.80. The average Bonchev–Trinajstić information content (AvgIpc) is 3.17. The molecule has 3 aromatic rings. The highest BCUT2D eigenvalue weighted by Crippen LogP contribution is 2.25. The summed E-state index contributed by atoms with van der Waals surface area (Å²) < 4.78 is 6.75. The second kappa shape index (κ2) is 5.22. The molecule has 0 atom stereocenters. The highest BCUT2D eigenvalue weighted by atomic mass is 16.6. The van der Waals surface area contributed by atoms with Gasteiger partial charge in [-0.05, 0) is 25.9 Å². The van der Waals surface area contributed by atoms with Gasteiger partial charge in [0.15, 0.2) is 11.5 Å². The van der Waals surface area contributed by atoms with Gasteiger partial charge < -0.3 is 9.80 Å². The fourth-order valence-electron chi connectivity index (χ4n) is 3.14. The minimum absolute atomic E-state index is 0.837. The maximum atomic E-state index is 4.81. The van der Waals surface area contributed by atoms with Crippen LogP contribution in [0.1, 0.15) is 17.0 Å². The van der Waals surface area contributed by atoms with Gasteiger partial charge in [-0.1, -0.05) is 5.16 Å². The maximum Gasteiger partial charge on any atom is 0.196 e. The molecule has 23 heavy (non-hydrogen) atoms. The van der Waals surface area contributed by atoms with Crippen molar-refractivity contribution in [1.82, 2.24) is 24.9 Å². The Bertz CT molecular complexity index is 845. The van der Waals surface area contributed by atoms with Crippen molar-refractivity contribution in [3.63, 3.8) is 0 Å². The van der Waals surface area contributed by atoms with E-state index >= 15 is 0 Å². The molecule has 4 heterocycles. The Morgan fingerprint density at radius 2 is 1.70 bits per heavy atom. The Hall–Kier alpha value is -2.64. The molecular weight excluding hydrogens is 294 g/mol. The third kappa shape index (κ3) is 2.21. The van der Waals surface area contributed by atoms with Crippen LogP contribution in [0.4, 0.5) is 11.6 Å². The first-order valence-electron chi connectivity index (χ1n) is 7.75. The number of nitrogens with zero attached hydrogens (tertiary/aromatic N) is 7. The Morgan fingerprint density at radius 3 is 2.39 bits per heavy atom. The van der Waals surface area contributed by atoms with Crippen LogP contribution in [0, 0.1) is 20.8 Å². The van der Waals surface area contributed by atoms with Crippen molar-refractivity contribution >= 4 is 17.3 Å². The topological polar surface area (TPSA) is 75.6 Å². The van der Waals surface area contributed by atoms with E-state index in [0.29, 0.717) is 0 Å². The van der Waals surface area contributed by atoms with Gasteiger partial charge in [0, 0.05) is 43.5 Å². The summed E-state index contributed by atoms with van der Waals surface area (Å²) in [6.45, 7) is 9.61. The predicted octanol–water partition coefficient (Wildman–Crippen LogP) is 1.36. The van der Waals surface area contributed by atoms with Crippen molar-refractivity contribution in [2.45, 2.75) is 20.8 Å². The van der Waals surface area contributed by atoms with Crippen LogP contribution in [0.3, 0.4) is 0 Å². The lowest BCUT2D eigenvalue weighted by molar-refractivity contribution is 0.304. The summed E-state index contributed by atoms with van der Waals surface area (Å²) in [6, 6.07) is 1.94. The molecule has 8 heteroatoms. The zero-order valence-electron chi connectivity index (χ0n) is 13.5. The monoisotopic (exact) mass is 313 g/mol. The molecule has 120 valence electrons. The number of piperazine rings is 1. The van der Waals surface area contributed by atoms with Crippen LogP contribution in [0.25, 0.3) is 5.65 Å². The zero-order chi connectivity index (χ0) is 16.0. The molecule has 0 spiro atoms. The molecule has 0 N–H and O–H groups in total. The van der Waals surface area contributed by atoms with E-state index in [0.717, 1.165) is 54.8 Å². The minimum atomic E-state index is 0.837. The summed E-state index contributed by atoms with van der Waals surface area (Å²) >= 11 is 0. The summed E-state index contributed by atoms with van der Waals surface area (Å²) in [5.41, 5.74) is 3.95. The molecule has 0 radical (unpaired) electrons. The summed E-state index contributed by atoms with van der Waals surface area (Å²) in [4.78, 5) is 9.17. The number of anilines is 2. The number of aromatic nitrogens is 5. The number of rotatable bonds is 2. The van der Waals surface area contributed by atoms with Gasteiger partial charge in [-0.25, -0.2) is 9.61 Å². The van der Waals surface area contributed by atoms with Gasteiger partial charge in [0.1, 0.15) is 11.5 Å². The lowest BCUT2D eigenvalue weighted by Crippen LogP contribution is -2.47. The quantitative estimate of drug-likeness (QED) is 0.707. The van der Waals surface area contributed by atoms with Crippen LogP contribution in [-0.4, -0.2) is 51.1 Å². The van der Waals surface area contributed by atoms with Crippen molar-refractivity contribution in [3.8, 4) is 0 Å². The van der Waals surface area contributed by atoms with Crippen molar-refractivity contribution in [2.24, 2.45) is 0 Å². The first-order valence-corrected chi connectivity index (χ1v) is 7.75. The highest BCUT2D eigenvalue weighted by Gasteiger charge is 2.24. The van der Waals surface area contributed by atoms with Crippen LogP contribution in [-0.2, 0) is 0 Å². The van der Waals surface area contributed by atoms with Gasteiger partial charge in [-0.2, -0.15) is 9.61 Å². The van der Waals surface area contributed by atoms with E-state index in [9.17, 15) is 0 Å². The number of fused-ring (bicyclic) bond motifs is 1. The van der Waals surface area contributed by atoms with Gasteiger partial charge >= 0.3 is 0 Å². The number of aryl methyl sites for hydroxylation is 2. The summed E-state index contributed by atoms with van der Waals surface area (Å²) in [5.74, 6) is 1.98. The molecule has 8 nitrogen and oxygen atoms in total. The predicted molar refractivity (Wildman–Crippen MR) is 85.9 cm³/mol. The smallest absolute Gasteiger partial charge is 0.196 e. The van der Waals surface area contributed by atoms with E-state index in [1.165, 1.54) is 5.56 Å². The molecule has 1 aliphatic rings. The van der Waals surface area contributed by atoms with Gasteiger partial charge in [-0.15, -0.1) is 0 Å². The van der Waals surface area contributed by atoms with Gasteiger partial charge in [-0.3, -0.25) is 0 Å². The van der Waals surface area contributed by atoms with E-state index < -0.39 is 0 Å². The molecule has 1 saturated heterocycles. The van der Waals surface area contributed by atoms with Crippen LogP contribution < -0.4 is 9.80 Å².